The first-order chi connectivity index (χ1) is 36.4. The number of benzene rings is 7. The fourth-order valence-corrected chi connectivity index (χ4v) is 9.53. The van der Waals surface area contributed by atoms with Crippen LogP contribution in [0.4, 0.5) is 22.7 Å². The molecule has 6 heteroatoms. The van der Waals surface area contributed by atoms with E-state index in [1.165, 1.54) is 22.3 Å². The molecular weight excluding hydrogens is 1080 g/mol. The Bertz CT molecular complexity index is 3920. The molecular formula is C68H70N4OPt+2. The summed E-state index contributed by atoms with van der Waals surface area (Å²) in [5.41, 5.74) is 12.9. The predicted octanol–water partition coefficient (Wildman–Crippen LogP) is 18.2. The summed E-state index contributed by atoms with van der Waals surface area (Å²) in [6.07, 6.45) is 1.89. The Labute approximate surface area is 461 Å². The van der Waals surface area contributed by atoms with Crippen LogP contribution in [0.5, 0.6) is 11.5 Å². The molecule has 0 fully saturated rings. The second-order valence-corrected chi connectivity index (χ2v) is 24.8. The number of rotatable bonds is 7. The zero-order chi connectivity index (χ0) is 56.3. The van der Waals surface area contributed by atoms with Gasteiger partial charge in [-0.05, 0) is 106 Å². The van der Waals surface area contributed by atoms with Gasteiger partial charge >= 0.3 is 32.8 Å². The van der Waals surface area contributed by atoms with Crippen LogP contribution in [-0.2, 0) is 48.1 Å². The zero-order valence-electron chi connectivity index (χ0n) is 50.6. The Kier molecular flexibility index (Phi) is 11.8. The minimum absolute atomic E-state index is 0. The Hall–Kier alpha value is -6.64. The fraction of sp³-hybridized carbons (Fsp3) is 0.294. The van der Waals surface area contributed by atoms with Crippen molar-refractivity contribution in [1.29, 1.82) is 0 Å². The minimum atomic E-state index is -0.442. The summed E-state index contributed by atoms with van der Waals surface area (Å²) in [5.74, 6) is 1.73. The van der Waals surface area contributed by atoms with E-state index in [4.69, 9.17) is 16.6 Å². The fourth-order valence-electron chi connectivity index (χ4n) is 9.53. The molecule has 0 atom stereocenters. The van der Waals surface area contributed by atoms with Crippen LogP contribution in [0.15, 0.2) is 152 Å². The number of fused-ring (bicyclic) bond motifs is 4. The van der Waals surface area contributed by atoms with Crippen molar-refractivity contribution in [3.05, 3.63) is 192 Å². The first-order valence-corrected chi connectivity index (χ1v) is 25.5. The van der Waals surface area contributed by atoms with E-state index in [9.17, 15) is 0 Å². The molecule has 1 aliphatic heterocycles. The van der Waals surface area contributed by atoms with Crippen LogP contribution in [0.2, 0.25) is 0 Å². The molecule has 0 unspecified atom stereocenters. The van der Waals surface area contributed by atoms with Gasteiger partial charge in [0.05, 0.1) is 12.4 Å². The third-order valence-electron chi connectivity index (χ3n) is 14.1. The van der Waals surface area contributed by atoms with Gasteiger partial charge in [-0.1, -0.05) is 199 Å². The molecule has 0 aliphatic carbocycles. The molecule has 0 spiro atoms. The number of ether oxygens (including phenoxy) is 1. The van der Waals surface area contributed by atoms with Crippen molar-refractivity contribution in [2.24, 2.45) is 0 Å². The molecule has 1 aliphatic rings. The molecule has 7 aromatic carbocycles. The Morgan fingerprint density at radius 1 is 0.527 bits per heavy atom. The number of para-hydroxylation sites is 1. The average molecular weight is 1160 g/mol. The maximum atomic E-state index is 9.11. The third-order valence-corrected chi connectivity index (χ3v) is 14.1. The molecule has 376 valence electrons. The number of pyridine rings is 1. The summed E-state index contributed by atoms with van der Waals surface area (Å²) < 4.78 is 56.8. The molecule has 0 saturated heterocycles. The Balaban J connectivity index is 0.00000757. The predicted molar refractivity (Wildman–Crippen MR) is 308 cm³/mol. The summed E-state index contributed by atoms with van der Waals surface area (Å²) in [5, 5.41) is 2.09. The molecule has 10 rings (SSSR count). The first kappa shape index (κ1) is 45.9. The molecule has 74 heavy (non-hydrogen) atoms. The molecule has 0 radical (unpaired) electrons. The number of hydrogen-bond donors (Lipinski definition) is 0. The van der Waals surface area contributed by atoms with Crippen molar-refractivity contribution < 1.29 is 32.7 Å². The second-order valence-electron chi connectivity index (χ2n) is 24.8. The van der Waals surface area contributed by atoms with Crippen molar-refractivity contribution in [2.45, 2.75) is 131 Å². The monoisotopic (exact) mass is 1160 g/mol. The van der Waals surface area contributed by atoms with Gasteiger partial charge in [0, 0.05) is 41.4 Å². The Morgan fingerprint density at radius 3 is 1.74 bits per heavy atom. The molecule has 0 amide bonds. The van der Waals surface area contributed by atoms with Crippen molar-refractivity contribution in [2.75, 3.05) is 0 Å². The van der Waals surface area contributed by atoms with Gasteiger partial charge in [-0.3, -0.25) is 0 Å². The second kappa shape index (κ2) is 18.9. The third kappa shape index (κ3) is 10.1. The van der Waals surface area contributed by atoms with E-state index in [1.54, 1.807) is 0 Å². The molecule has 0 saturated carbocycles. The minimum Gasteiger partial charge on any atom is -0.509 e. The summed E-state index contributed by atoms with van der Waals surface area (Å²) in [6.45, 7) is 33.4. The van der Waals surface area contributed by atoms with E-state index in [0.717, 1.165) is 50.0 Å². The SMILES string of the molecule is [2H]c1c([2H])c([2H])c(-c2cccc3c2[N+](c2cc(C(C)(C)C)cc(C(C)(C)C)c2)=C=[N+]3c2[c-]c(Oc3[c-]c4c(cc3)c3cc(-c5cc(C(C)(C)C)cc(C(C)(C)C)c5)ccc3n4-c3cc(C(C)(C)C)ccn3)ccc2)c([2H])c1[2H].[Pt+2]. The first-order valence-electron chi connectivity index (χ1n) is 28.0. The van der Waals surface area contributed by atoms with Gasteiger partial charge in [-0.2, -0.15) is 12.1 Å². The molecule has 0 N–H and O–H groups in total. The van der Waals surface area contributed by atoms with Crippen LogP contribution in [0.3, 0.4) is 0 Å². The van der Waals surface area contributed by atoms with E-state index < -0.39 is 18.1 Å². The van der Waals surface area contributed by atoms with Crippen LogP contribution < -0.4 is 13.9 Å². The van der Waals surface area contributed by atoms with E-state index in [2.05, 4.69) is 199 Å². The van der Waals surface area contributed by atoms with Crippen molar-refractivity contribution in [3.63, 3.8) is 0 Å². The average Bonchev–Trinajstić information content (AvgIpc) is 4.20. The standard InChI is InChI=1S/C68H70N4O.Pt/c1-64(2,3)47-31-32-69-62(40-47)72-59-30-27-45(46-33-48(65(4,5)6)36-49(34-46)66(7,8)9)35-58(59)57-29-28-55(42-61(57)72)73-54-24-19-23-52(41-54)70-43-71(53-38-50(67(10,11)12)37-51(39-53)68(13,14)15)63-56(25-20-26-60(63)70)44-21-17-16-18-22-44;/h16-40H,1-15H3;/q;+2/i16D,17D,18D,21D,22D;. The van der Waals surface area contributed by atoms with Gasteiger partial charge in [0.15, 0.2) is 0 Å². The zero-order valence-corrected chi connectivity index (χ0v) is 47.8. The van der Waals surface area contributed by atoms with Crippen molar-refractivity contribution >= 4 is 50.6 Å². The molecule has 2 aromatic heterocycles. The van der Waals surface area contributed by atoms with Crippen LogP contribution in [0.1, 0.15) is 139 Å². The molecule has 3 heterocycles. The topological polar surface area (TPSA) is 33.1 Å². The van der Waals surface area contributed by atoms with Crippen molar-refractivity contribution in [3.8, 4) is 39.6 Å². The van der Waals surface area contributed by atoms with E-state index >= 15 is 0 Å². The summed E-state index contributed by atoms with van der Waals surface area (Å²) in [7, 11) is 0. The quantitative estimate of drug-likeness (QED) is 0.118. The summed E-state index contributed by atoms with van der Waals surface area (Å²) in [4.78, 5) is 4.98. The smallest absolute Gasteiger partial charge is 0.509 e. The number of nitrogens with zero attached hydrogens (tertiary/aromatic N) is 4. The van der Waals surface area contributed by atoms with Crippen LogP contribution in [-0.4, -0.2) is 15.6 Å². The van der Waals surface area contributed by atoms with Gasteiger partial charge < -0.3 is 9.30 Å². The van der Waals surface area contributed by atoms with E-state index in [1.807, 2.05) is 57.8 Å². The maximum absolute atomic E-state index is 9.11. The molecule has 5 nitrogen and oxygen atoms in total. The molecule has 0 bridgehead atoms. The van der Waals surface area contributed by atoms with Crippen LogP contribution >= 0.6 is 0 Å². The Morgan fingerprint density at radius 2 is 1.12 bits per heavy atom. The summed E-state index contributed by atoms with van der Waals surface area (Å²) in [6, 6.07) is 49.1. The van der Waals surface area contributed by atoms with Crippen molar-refractivity contribution in [1.82, 2.24) is 18.7 Å². The van der Waals surface area contributed by atoms with E-state index in [-0.39, 0.29) is 65.8 Å². The van der Waals surface area contributed by atoms with Gasteiger partial charge in [0.25, 0.3) is 5.69 Å². The number of aromatic nitrogens is 2. The van der Waals surface area contributed by atoms with Gasteiger partial charge in [-0.25, -0.2) is 4.98 Å². The van der Waals surface area contributed by atoms with Gasteiger partial charge in [0.2, 0.25) is 5.69 Å². The van der Waals surface area contributed by atoms with Crippen LogP contribution in [0.25, 0.3) is 49.9 Å². The molecule has 9 aromatic rings. The number of hydrogen-bond acceptors (Lipinski definition) is 2. The summed E-state index contributed by atoms with van der Waals surface area (Å²) >= 11 is 0. The van der Waals surface area contributed by atoms with Gasteiger partial charge in [0.1, 0.15) is 11.5 Å². The largest absolute Gasteiger partial charge is 2.00 e. The normalized spacial score (nSPS) is 14.1. The maximum Gasteiger partial charge on any atom is 2.00 e. The van der Waals surface area contributed by atoms with E-state index in [0.29, 0.717) is 34.1 Å². The van der Waals surface area contributed by atoms with Crippen LogP contribution in [0, 0.1) is 12.1 Å². The van der Waals surface area contributed by atoms with Gasteiger partial charge in [-0.15, -0.1) is 23.6 Å².